The zero-order valence-corrected chi connectivity index (χ0v) is 30.0. The molecule has 5 heteroatoms. The Morgan fingerprint density at radius 3 is 2.21 bits per heavy atom. The van der Waals surface area contributed by atoms with E-state index in [4.69, 9.17) is 9.47 Å². The van der Waals surface area contributed by atoms with Crippen LogP contribution in [-0.2, 0) is 20.7 Å². The van der Waals surface area contributed by atoms with Crippen molar-refractivity contribution in [2.75, 3.05) is 0 Å². The highest BCUT2D eigenvalue weighted by atomic mass is 16.5. The Labute approximate surface area is 289 Å². The first kappa shape index (κ1) is 36.3. The summed E-state index contributed by atoms with van der Waals surface area (Å²) >= 11 is 0. The molecule has 2 fully saturated rings. The maximum Gasteiger partial charge on any atom is 0.343 e. The molecule has 0 bridgehead atoms. The van der Waals surface area contributed by atoms with Crippen molar-refractivity contribution in [3.05, 3.63) is 65.2 Å². The predicted molar refractivity (Wildman–Crippen MR) is 192 cm³/mol. The van der Waals surface area contributed by atoms with Gasteiger partial charge in [0.15, 0.2) is 0 Å². The predicted octanol–water partition coefficient (Wildman–Crippen LogP) is 11.0. The highest BCUT2D eigenvalue weighted by Crippen LogP contribution is 2.63. The summed E-state index contributed by atoms with van der Waals surface area (Å²) in [5.74, 6) is 2.55. The maximum absolute atomic E-state index is 12.8. The molecule has 3 aliphatic rings. The van der Waals surface area contributed by atoms with Crippen molar-refractivity contribution in [3.63, 3.8) is 0 Å². The molecule has 0 amide bonds. The van der Waals surface area contributed by atoms with Crippen LogP contribution in [0.2, 0.25) is 0 Å². The lowest BCUT2D eigenvalue weighted by atomic mass is 9.52. The Morgan fingerprint density at radius 2 is 1.50 bits per heavy atom. The summed E-state index contributed by atoms with van der Waals surface area (Å²) in [5.41, 5.74) is 3.28. The zero-order chi connectivity index (χ0) is 33.9. The normalized spacial score (nSPS) is 25.9. The lowest BCUT2D eigenvalue weighted by Gasteiger charge is -2.53. The van der Waals surface area contributed by atoms with Crippen molar-refractivity contribution < 1.29 is 23.9 Å². The minimum Gasteiger partial charge on any atom is -0.462 e. The zero-order valence-electron chi connectivity index (χ0n) is 30.0. The van der Waals surface area contributed by atoms with Gasteiger partial charge in [0.1, 0.15) is 17.6 Å². The van der Waals surface area contributed by atoms with Crippen LogP contribution in [0.25, 0.3) is 0 Å². The van der Waals surface area contributed by atoms with Crippen molar-refractivity contribution in [2.45, 2.75) is 155 Å². The Kier molecular flexibility index (Phi) is 13.3. The first-order valence-corrected chi connectivity index (χ1v) is 19.4. The van der Waals surface area contributed by atoms with E-state index in [1.54, 1.807) is 19.1 Å². The van der Waals surface area contributed by atoms with E-state index < -0.39 is 0 Å². The average Bonchev–Trinajstić information content (AvgIpc) is 3.41. The lowest BCUT2D eigenvalue weighted by Crippen LogP contribution is -2.48. The molecule has 262 valence electrons. The molecule has 0 N–H and O–H groups in total. The van der Waals surface area contributed by atoms with Crippen LogP contribution < -0.4 is 4.74 Å². The summed E-state index contributed by atoms with van der Waals surface area (Å²) in [6, 6.07) is 15.5. The van der Waals surface area contributed by atoms with Crippen LogP contribution in [0.15, 0.2) is 48.5 Å². The van der Waals surface area contributed by atoms with Gasteiger partial charge in [0, 0.05) is 25.2 Å². The number of Topliss-reactive ketones (excluding diaryl/α,β-unsaturated/α-hetero) is 1. The summed E-state index contributed by atoms with van der Waals surface area (Å²) in [6.45, 7) is 6.18. The van der Waals surface area contributed by atoms with Gasteiger partial charge in [-0.3, -0.25) is 9.59 Å². The monoisotopic (exact) mass is 656 g/mol. The summed E-state index contributed by atoms with van der Waals surface area (Å²) in [6.07, 6.45) is 21.2. The highest BCUT2D eigenvalue weighted by Gasteiger charge is 2.58. The third-order valence-corrected chi connectivity index (χ3v) is 12.2. The molecule has 48 heavy (non-hydrogen) atoms. The van der Waals surface area contributed by atoms with Gasteiger partial charge in [-0.15, -0.1) is 0 Å². The van der Waals surface area contributed by atoms with Crippen molar-refractivity contribution in [2.24, 2.45) is 23.2 Å². The van der Waals surface area contributed by atoms with Crippen molar-refractivity contribution in [1.29, 1.82) is 0 Å². The van der Waals surface area contributed by atoms with Gasteiger partial charge in [-0.1, -0.05) is 95.9 Å². The maximum atomic E-state index is 12.8. The molecule has 2 aromatic carbocycles. The van der Waals surface area contributed by atoms with E-state index in [9.17, 15) is 14.4 Å². The van der Waals surface area contributed by atoms with Gasteiger partial charge in [0.2, 0.25) is 0 Å². The van der Waals surface area contributed by atoms with Crippen molar-refractivity contribution in [3.8, 4) is 5.75 Å². The Balaban J connectivity index is 1.19. The van der Waals surface area contributed by atoms with Gasteiger partial charge in [-0.2, -0.15) is 0 Å². The fraction of sp³-hybridized carbons (Fsp3) is 0.651. The number of carbonyl (C=O) groups excluding carboxylic acids is 3. The van der Waals surface area contributed by atoms with E-state index >= 15 is 0 Å². The molecule has 0 spiro atoms. The molecule has 2 saturated carbocycles. The molecule has 0 radical (unpaired) electrons. The number of fused-ring (bicyclic) bond motifs is 5. The molecule has 5 rings (SSSR count). The molecular weight excluding hydrogens is 596 g/mol. The number of hydrogen-bond donors (Lipinski definition) is 0. The first-order valence-electron chi connectivity index (χ1n) is 19.4. The van der Waals surface area contributed by atoms with Crippen molar-refractivity contribution >= 4 is 17.7 Å². The molecule has 0 aliphatic heterocycles. The minimum absolute atomic E-state index is 0.00134. The van der Waals surface area contributed by atoms with E-state index in [0.717, 1.165) is 64.2 Å². The lowest BCUT2D eigenvalue weighted by molar-refractivity contribution is -0.155. The minimum atomic E-state index is -0.330. The molecule has 5 nitrogen and oxygen atoms in total. The van der Waals surface area contributed by atoms with E-state index in [1.807, 2.05) is 24.3 Å². The largest absolute Gasteiger partial charge is 0.462 e. The molecule has 0 saturated heterocycles. The summed E-state index contributed by atoms with van der Waals surface area (Å²) in [4.78, 5) is 37.6. The van der Waals surface area contributed by atoms with Gasteiger partial charge in [-0.25, -0.2) is 4.79 Å². The summed E-state index contributed by atoms with van der Waals surface area (Å²) in [5, 5.41) is 0. The van der Waals surface area contributed by atoms with E-state index in [1.165, 1.54) is 62.5 Å². The number of ether oxygens (including phenoxy) is 2. The number of unbranched alkanes of at least 4 members (excludes halogenated alkanes) is 9. The molecular formula is C43H60O5. The van der Waals surface area contributed by atoms with Gasteiger partial charge in [0.05, 0.1) is 5.56 Å². The van der Waals surface area contributed by atoms with Gasteiger partial charge < -0.3 is 9.47 Å². The van der Waals surface area contributed by atoms with Gasteiger partial charge in [-0.05, 0) is 110 Å². The second-order valence-corrected chi connectivity index (χ2v) is 15.5. The fourth-order valence-electron chi connectivity index (χ4n) is 9.68. The average molecular weight is 657 g/mol. The molecule has 0 aromatic heterocycles. The van der Waals surface area contributed by atoms with E-state index in [2.05, 4.69) is 26.0 Å². The third-order valence-electron chi connectivity index (χ3n) is 12.2. The highest BCUT2D eigenvalue weighted by molar-refractivity contribution is 5.91. The van der Waals surface area contributed by atoms with Crippen LogP contribution >= 0.6 is 0 Å². The quantitative estimate of drug-likeness (QED) is 0.0907. The second-order valence-electron chi connectivity index (χ2n) is 15.5. The van der Waals surface area contributed by atoms with Crippen LogP contribution in [0.5, 0.6) is 5.75 Å². The SMILES string of the molecule is CCCCCCCCCCCC(=O)CCCC[C@@H]1Cc2cc(OC(=O)c3ccccc3)ccc2[C@H]2CC[C@]3(C)[C@@H](OC(C)=O)CC[C@H]3[C@H]12. The number of esters is 2. The van der Waals surface area contributed by atoms with Crippen LogP contribution in [-0.4, -0.2) is 23.8 Å². The van der Waals surface area contributed by atoms with Gasteiger partial charge in [0.25, 0.3) is 0 Å². The topological polar surface area (TPSA) is 69.7 Å². The summed E-state index contributed by atoms with van der Waals surface area (Å²) < 4.78 is 11.8. The van der Waals surface area contributed by atoms with Crippen LogP contribution in [0.1, 0.15) is 164 Å². The van der Waals surface area contributed by atoms with Gasteiger partial charge >= 0.3 is 11.9 Å². The number of ketones is 1. The molecule has 3 aliphatic carbocycles. The van der Waals surface area contributed by atoms with Crippen LogP contribution in [0, 0.1) is 23.2 Å². The number of carbonyl (C=O) groups is 3. The first-order chi connectivity index (χ1) is 23.3. The Hall–Kier alpha value is -2.95. The third kappa shape index (κ3) is 9.18. The van der Waals surface area contributed by atoms with E-state index in [-0.39, 0.29) is 23.5 Å². The number of hydrogen-bond acceptors (Lipinski definition) is 5. The smallest absolute Gasteiger partial charge is 0.343 e. The Morgan fingerprint density at radius 1 is 0.812 bits per heavy atom. The van der Waals surface area contributed by atoms with Crippen LogP contribution in [0.4, 0.5) is 0 Å². The molecule has 0 unspecified atom stereocenters. The van der Waals surface area contributed by atoms with E-state index in [0.29, 0.717) is 47.2 Å². The van der Waals surface area contributed by atoms with Crippen LogP contribution in [0.3, 0.4) is 0 Å². The standard InChI is InChI=1S/C43H60O5/c1-4-5-6-7-8-9-10-11-15-21-35(45)22-17-16-20-33-29-34-30-36(48-42(46)32-18-13-12-14-19-32)23-24-37(34)38-27-28-43(3)39(41(33)38)25-26-40(43)47-31(2)44/h12-14,18-19,23-24,30,33,38-41H,4-11,15-17,20-22,25-29H2,1-3H3/t33-,38-,39+,40+,41-,43+/m1/s1. The number of rotatable bonds is 18. The Bertz CT molecular complexity index is 1350. The molecule has 2 aromatic rings. The molecule has 6 atom stereocenters. The summed E-state index contributed by atoms with van der Waals surface area (Å²) in [7, 11) is 0. The number of benzene rings is 2. The van der Waals surface area contributed by atoms with Crippen molar-refractivity contribution in [1.82, 2.24) is 0 Å². The molecule has 0 heterocycles. The fourth-order valence-corrected chi connectivity index (χ4v) is 9.68. The second kappa shape index (κ2) is 17.6.